The first kappa shape index (κ1) is 23.6. The topological polar surface area (TPSA) is 118 Å². The number of carbonyl (C=O) groups excluding carboxylic acids is 1. The van der Waals surface area contributed by atoms with E-state index >= 15 is 0 Å². The van der Waals surface area contributed by atoms with Gasteiger partial charge in [0.2, 0.25) is 0 Å². The summed E-state index contributed by atoms with van der Waals surface area (Å²) in [6.07, 6.45) is 0.642. The van der Waals surface area contributed by atoms with Crippen LogP contribution in [0.4, 0.5) is 16.3 Å². The van der Waals surface area contributed by atoms with Crippen molar-refractivity contribution in [2.45, 2.75) is 13.0 Å². The fourth-order valence-electron chi connectivity index (χ4n) is 4.16. The van der Waals surface area contributed by atoms with E-state index in [1.54, 1.807) is 14.2 Å². The van der Waals surface area contributed by atoms with Gasteiger partial charge in [-0.15, -0.1) is 0 Å². The number of quaternary nitrogens is 1. The summed E-state index contributed by atoms with van der Waals surface area (Å²) in [5.41, 5.74) is 15.3. The quantitative estimate of drug-likeness (QED) is 0.276. The van der Waals surface area contributed by atoms with Crippen LogP contribution in [0.3, 0.4) is 0 Å². The molecule has 0 saturated carbocycles. The van der Waals surface area contributed by atoms with Crippen LogP contribution in [0.1, 0.15) is 5.82 Å². The van der Waals surface area contributed by atoms with Gasteiger partial charge in [-0.3, -0.25) is 0 Å². The number of aromatic nitrogens is 3. The highest BCUT2D eigenvalue weighted by atomic mass is 16.5. The number of amides is 2. The largest absolute Gasteiger partial charge is 0.418 e. The second kappa shape index (κ2) is 10.2. The van der Waals surface area contributed by atoms with E-state index in [4.69, 9.17) is 25.9 Å². The summed E-state index contributed by atoms with van der Waals surface area (Å²) in [7, 11) is 3.47. The highest BCUT2D eigenvalue weighted by Gasteiger charge is 2.31. The van der Waals surface area contributed by atoms with Gasteiger partial charge in [0.1, 0.15) is 23.6 Å². The molecule has 4 N–H and O–H groups in total. The van der Waals surface area contributed by atoms with Crippen molar-refractivity contribution in [3.63, 3.8) is 0 Å². The number of ether oxygens (including phenoxy) is 2. The van der Waals surface area contributed by atoms with Gasteiger partial charge in [0, 0.05) is 25.5 Å². The second-order valence-electron chi connectivity index (χ2n) is 8.34. The molecule has 0 aliphatic rings. The predicted octanol–water partition coefficient (Wildman–Crippen LogP) is 3.09. The predicted molar refractivity (Wildman–Crippen MR) is 134 cm³/mol. The van der Waals surface area contributed by atoms with Crippen LogP contribution in [0.2, 0.25) is 0 Å². The van der Waals surface area contributed by atoms with Crippen LogP contribution in [-0.4, -0.2) is 61.1 Å². The molecule has 2 heterocycles. The molecular formula is C25H31N6O3+. The molecule has 34 heavy (non-hydrogen) atoms. The number of rotatable bonds is 10. The molecule has 2 aromatic carbocycles. The fraction of sp³-hybridized carbons (Fsp3) is 0.320. The number of imidazole rings is 1. The van der Waals surface area contributed by atoms with Crippen LogP contribution in [-0.2, 0) is 22.4 Å². The lowest BCUT2D eigenvalue weighted by atomic mass is 10.2. The summed E-state index contributed by atoms with van der Waals surface area (Å²) in [4.78, 5) is 21.5. The smallest absolute Gasteiger partial charge is 0.384 e. The first-order valence-corrected chi connectivity index (χ1v) is 11.3. The minimum atomic E-state index is -0.424. The summed E-state index contributed by atoms with van der Waals surface area (Å²) >= 11 is 0. The Labute approximate surface area is 198 Å². The minimum Gasteiger partial charge on any atom is -0.384 e. The molecule has 178 valence electrons. The Hall–Kier alpha value is -3.53. The van der Waals surface area contributed by atoms with E-state index in [9.17, 15) is 4.79 Å². The lowest BCUT2D eigenvalue weighted by molar-refractivity contribution is 0.111. The van der Waals surface area contributed by atoms with Crippen molar-refractivity contribution < 1.29 is 14.3 Å². The zero-order chi connectivity index (χ0) is 24.1. The van der Waals surface area contributed by atoms with Gasteiger partial charge in [0.25, 0.3) is 0 Å². The summed E-state index contributed by atoms with van der Waals surface area (Å²) < 4.78 is 13.4. The van der Waals surface area contributed by atoms with Crippen molar-refractivity contribution in [3.05, 3.63) is 60.4 Å². The van der Waals surface area contributed by atoms with Crippen molar-refractivity contribution in [1.82, 2.24) is 19.0 Å². The molecule has 9 heteroatoms. The number of likely N-dealkylation sites (N-methyl/N-ethyl adjacent to an activating group) is 1. The Morgan fingerprint density at radius 2 is 1.76 bits per heavy atom. The molecule has 2 amide bonds. The van der Waals surface area contributed by atoms with Gasteiger partial charge in [-0.2, -0.15) is 0 Å². The van der Waals surface area contributed by atoms with E-state index < -0.39 is 6.03 Å². The summed E-state index contributed by atoms with van der Waals surface area (Å²) in [5, 5.41) is 0.991. The summed E-state index contributed by atoms with van der Waals surface area (Å²) in [6, 6.07) is 17.0. The van der Waals surface area contributed by atoms with E-state index in [1.807, 2.05) is 54.6 Å². The monoisotopic (exact) mass is 463 g/mol. The number of fused-ring (bicyclic) bond motifs is 3. The number of urea groups is 1. The van der Waals surface area contributed by atoms with Gasteiger partial charge in [-0.25, -0.2) is 19.2 Å². The molecule has 2 aromatic heterocycles. The average molecular weight is 464 g/mol. The fourth-order valence-corrected chi connectivity index (χ4v) is 4.16. The Bertz CT molecular complexity index is 1290. The van der Waals surface area contributed by atoms with Gasteiger partial charge >= 0.3 is 6.03 Å². The SMILES string of the molecule is COCCc1nc2c(N)nc3ccccc3c2n1CCOCC[N+](C)(C(N)=O)c1ccccc1. The molecule has 9 nitrogen and oxygen atoms in total. The number of nitrogen functional groups attached to an aromatic ring is 1. The summed E-state index contributed by atoms with van der Waals surface area (Å²) in [6.45, 7) is 2.37. The Morgan fingerprint density at radius 3 is 2.50 bits per heavy atom. The van der Waals surface area contributed by atoms with Crippen molar-refractivity contribution in [3.8, 4) is 0 Å². The number of methoxy groups -OCH3 is 1. The van der Waals surface area contributed by atoms with Gasteiger partial charge in [0.05, 0.1) is 37.9 Å². The number of benzene rings is 2. The molecule has 4 rings (SSSR count). The van der Waals surface area contributed by atoms with Crippen LogP contribution in [0.15, 0.2) is 54.6 Å². The number of nitrogens with zero attached hydrogens (tertiary/aromatic N) is 4. The molecule has 0 saturated heterocycles. The van der Waals surface area contributed by atoms with Crippen LogP contribution in [0.5, 0.6) is 0 Å². The third-order valence-corrected chi connectivity index (χ3v) is 6.17. The van der Waals surface area contributed by atoms with Crippen LogP contribution >= 0.6 is 0 Å². The van der Waals surface area contributed by atoms with Gasteiger partial charge < -0.3 is 25.5 Å². The third kappa shape index (κ3) is 4.58. The number of hydrogen-bond acceptors (Lipinski definition) is 6. The first-order valence-electron chi connectivity index (χ1n) is 11.3. The molecule has 0 radical (unpaired) electrons. The van der Waals surface area contributed by atoms with Crippen molar-refractivity contribution in [2.24, 2.45) is 5.73 Å². The van der Waals surface area contributed by atoms with E-state index in [0.29, 0.717) is 50.7 Å². The van der Waals surface area contributed by atoms with Crippen molar-refractivity contribution in [2.75, 3.05) is 46.3 Å². The highest BCUT2D eigenvalue weighted by molar-refractivity contribution is 6.06. The maximum absolute atomic E-state index is 12.2. The molecule has 0 aliphatic carbocycles. The number of primary amides is 1. The molecule has 1 atom stereocenters. The zero-order valence-corrected chi connectivity index (χ0v) is 19.6. The third-order valence-electron chi connectivity index (χ3n) is 6.17. The minimum absolute atomic E-state index is 0.0270. The first-order chi connectivity index (χ1) is 16.5. The van der Waals surface area contributed by atoms with Gasteiger partial charge in [0.15, 0.2) is 5.82 Å². The van der Waals surface area contributed by atoms with Crippen LogP contribution in [0.25, 0.3) is 21.9 Å². The number of para-hydroxylation sites is 2. The normalized spacial score (nSPS) is 13.4. The molecular weight excluding hydrogens is 432 g/mol. The number of nitrogens with two attached hydrogens (primary N) is 2. The molecule has 0 bridgehead atoms. The lowest BCUT2D eigenvalue weighted by Gasteiger charge is -2.28. The molecule has 4 aromatic rings. The standard InChI is InChI=1S/C25H30N6O3/c1-31(25(27)32,18-8-4-3-5-9-18)14-17-34-16-13-30-21(12-15-33-2)29-22-23(30)19-10-6-7-11-20(19)28-24(22)26/h3-11H,12-17H2,1-2H3,(H3-,26,27,28,32)/p+1. The maximum atomic E-state index is 12.2. The van der Waals surface area contributed by atoms with Crippen molar-refractivity contribution in [1.29, 1.82) is 0 Å². The molecule has 0 aliphatic heterocycles. The Kier molecular flexibility index (Phi) is 7.06. The van der Waals surface area contributed by atoms with E-state index in [1.165, 1.54) is 0 Å². The number of carbonyl (C=O) groups is 1. The second-order valence-corrected chi connectivity index (χ2v) is 8.34. The lowest BCUT2D eigenvalue weighted by Crippen LogP contribution is -2.55. The van der Waals surface area contributed by atoms with Crippen LogP contribution < -0.4 is 16.0 Å². The summed E-state index contributed by atoms with van der Waals surface area (Å²) in [5.74, 6) is 1.27. The number of hydrogen-bond donors (Lipinski definition) is 2. The van der Waals surface area contributed by atoms with E-state index in [-0.39, 0.29) is 4.48 Å². The number of anilines is 1. The highest BCUT2D eigenvalue weighted by Crippen LogP contribution is 2.29. The number of pyridine rings is 1. The average Bonchev–Trinajstić information content (AvgIpc) is 3.22. The van der Waals surface area contributed by atoms with E-state index in [2.05, 4.69) is 9.55 Å². The Morgan fingerprint density at radius 1 is 1.03 bits per heavy atom. The van der Waals surface area contributed by atoms with Crippen molar-refractivity contribution >= 4 is 39.5 Å². The zero-order valence-electron chi connectivity index (χ0n) is 19.6. The van der Waals surface area contributed by atoms with Crippen LogP contribution in [0, 0.1) is 0 Å². The maximum Gasteiger partial charge on any atom is 0.418 e. The molecule has 0 fully saturated rings. The van der Waals surface area contributed by atoms with Gasteiger partial charge in [-0.1, -0.05) is 36.4 Å². The molecule has 1 unspecified atom stereocenters. The van der Waals surface area contributed by atoms with E-state index in [0.717, 1.165) is 27.9 Å². The molecule has 0 spiro atoms. The Balaban J connectivity index is 1.53. The van der Waals surface area contributed by atoms with Gasteiger partial charge in [-0.05, 0) is 18.2 Å².